The summed E-state index contributed by atoms with van der Waals surface area (Å²) in [6.07, 6.45) is 0. The summed E-state index contributed by atoms with van der Waals surface area (Å²) in [5.41, 5.74) is 33.7. The number of anilines is 12. The quantitative estimate of drug-likeness (QED) is 0.134. The molecule has 0 unspecified atom stereocenters. The SMILES string of the molecule is CC(C)(C)c1cc2c3c(c1)N(c1c(-c4ccccc4)cccc1-c1ccccc1)c1cc4c(cc1B3c1ccccc1N2c1ccccc1)C1(c2cc3c(cc2O4)N(c2ccccc2)c2cc(N(c4ccccc4)c4ccccc4-c4ccccc4)cc4c2B3c2ccccc2O4)c2ccccc2-c2ccccc21. The van der Waals surface area contributed by atoms with E-state index in [0.717, 1.165) is 146 Å². The molecule has 0 bridgehead atoms. The highest BCUT2D eigenvalue weighted by Gasteiger charge is 2.55. The Morgan fingerprint density at radius 1 is 0.284 bits per heavy atom. The van der Waals surface area contributed by atoms with E-state index in [1.807, 2.05) is 0 Å². The van der Waals surface area contributed by atoms with Crippen LogP contribution in [0.3, 0.4) is 0 Å². The number of ether oxygens (including phenoxy) is 2. The van der Waals surface area contributed by atoms with Crippen molar-refractivity contribution in [3.8, 4) is 67.5 Å². The Kier molecular flexibility index (Phi) is 14.0. The fourth-order valence-electron chi connectivity index (χ4n) is 19.0. The van der Waals surface area contributed by atoms with Gasteiger partial charge in [0.2, 0.25) is 0 Å². The molecule has 0 atom stereocenters. The van der Waals surface area contributed by atoms with Crippen molar-refractivity contribution in [3.63, 3.8) is 0 Å². The van der Waals surface area contributed by atoms with Crippen LogP contribution in [-0.2, 0) is 10.8 Å². The highest BCUT2D eigenvalue weighted by atomic mass is 16.5. The van der Waals surface area contributed by atoms with Gasteiger partial charge in [-0.3, -0.25) is 0 Å². The van der Waals surface area contributed by atoms with Gasteiger partial charge in [0, 0.05) is 97.2 Å². The molecule has 8 heteroatoms. The maximum Gasteiger partial charge on any atom is 0.256 e. The molecule has 1 spiro atoms. The van der Waals surface area contributed by atoms with E-state index in [1.165, 1.54) is 49.9 Å². The van der Waals surface area contributed by atoms with Crippen LogP contribution in [0.1, 0.15) is 48.6 Å². The Morgan fingerprint density at radius 3 is 1.30 bits per heavy atom. The van der Waals surface area contributed by atoms with Gasteiger partial charge in [0.05, 0.1) is 22.5 Å². The third-order valence-electron chi connectivity index (χ3n) is 23.6. The van der Waals surface area contributed by atoms with Crippen molar-refractivity contribution in [3.05, 3.63) is 398 Å². The van der Waals surface area contributed by atoms with Crippen LogP contribution in [0.25, 0.3) is 44.5 Å². The molecule has 1 aliphatic carbocycles. The van der Waals surface area contributed by atoms with E-state index in [2.05, 4.69) is 410 Å². The van der Waals surface area contributed by atoms with Crippen molar-refractivity contribution >= 4 is 114 Å². The molecule has 0 radical (unpaired) electrons. The van der Waals surface area contributed by atoms with Crippen molar-refractivity contribution in [1.29, 1.82) is 0 Å². The predicted molar refractivity (Wildman–Crippen MR) is 453 cm³/mol. The van der Waals surface area contributed by atoms with Gasteiger partial charge in [-0.25, -0.2) is 0 Å². The number of nitrogens with zero attached hydrogens (tertiary/aromatic N) is 4. The summed E-state index contributed by atoms with van der Waals surface area (Å²) in [7, 11) is 0. The van der Waals surface area contributed by atoms with Gasteiger partial charge in [-0.15, -0.1) is 0 Å². The Balaban J connectivity index is 0.851. The van der Waals surface area contributed by atoms with Crippen LogP contribution < -0.4 is 61.9 Å². The first-order valence-corrected chi connectivity index (χ1v) is 37.9. The first kappa shape index (κ1) is 62.8. The van der Waals surface area contributed by atoms with E-state index in [9.17, 15) is 0 Å². The predicted octanol–water partition coefficient (Wildman–Crippen LogP) is 22.4. The second-order valence-electron chi connectivity index (χ2n) is 30.5. The standard InChI is InChI=1S/C101H70B2N4O2/c1-100(2,3)68-57-90-97-91(58-68)107(99-74(66-35-12-5-13-36-66)48-32-49-75(99)67-37-14-6-15-38-67)89-64-95-81(62-85(89)102(97)82-52-27-30-55-87(82)105(90)70-41-18-8-19-42-70)101(78-50-25-22-46-76(78)77-47-23-26-51-79(77)101)80-61-84-88(63-94(80)109-95)106(71-43-20-9-21-44-71)92-59-72(60-96-98(92)103(84)83-53-28-31-56-93(83)108-96)104(69-39-16-7-17-40-69)86-54-29-24-45-73(86)65-33-10-4-11-34-65/h4-64H,1-3H3. The average Bonchev–Trinajstić information content (AvgIpc) is 1.61. The smallest absolute Gasteiger partial charge is 0.256 e. The van der Waals surface area contributed by atoms with Crippen LogP contribution in [0.4, 0.5) is 68.2 Å². The first-order chi connectivity index (χ1) is 53.7. The average molecular weight is 1390 g/mol. The van der Waals surface area contributed by atoms with Gasteiger partial charge in [0.1, 0.15) is 23.0 Å². The van der Waals surface area contributed by atoms with Gasteiger partial charge in [-0.05, 0) is 155 Å². The minimum absolute atomic E-state index is 0.229. The lowest BCUT2D eigenvalue weighted by atomic mass is 9.33. The summed E-state index contributed by atoms with van der Waals surface area (Å²) >= 11 is 0. The number of para-hydroxylation sites is 7. The molecule has 0 saturated heterocycles. The molecule has 0 N–H and O–H groups in total. The molecule has 109 heavy (non-hydrogen) atoms. The van der Waals surface area contributed by atoms with Crippen LogP contribution >= 0.6 is 0 Å². The second-order valence-corrected chi connectivity index (χ2v) is 30.5. The molecule has 5 heterocycles. The maximum atomic E-state index is 8.24. The number of hydrogen-bond acceptors (Lipinski definition) is 6. The summed E-state index contributed by atoms with van der Waals surface area (Å²) in [5.74, 6) is 3.22. The van der Waals surface area contributed by atoms with Crippen molar-refractivity contribution in [2.24, 2.45) is 0 Å². The first-order valence-electron chi connectivity index (χ1n) is 37.9. The molecular formula is C101H70B2N4O2. The van der Waals surface area contributed by atoms with Gasteiger partial charge < -0.3 is 29.1 Å². The van der Waals surface area contributed by atoms with E-state index in [0.29, 0.717) is 0 Å². The molecule has 0 saturated carbocycles. The summed E-state index contributed by atoms with van der Waals surface area (Å²) in [5, 5.41) is 0. The van der Waals surface area contributed by atoms with Crippen molar-refractivity contribution < 1.29 is 9.47 Å². The monoisotopic (exact) mass is 1390 g/mol. The van der Waals surface area contributed by atoms with Crippen LogP contribution in [0, 0.1) is 0 Å². The Labute approximate surface area is 636 Å². The third kappa shape index (κ3) is 9.37. The lowest BCUT2D eigenvalue weighted by Crippen LogP contribution is -2.62. The van der Waals surface area contributed by atoms with Gasteiger partial charge >= 0.3 is 0 Å². The van der Waals surface area contributed by atoms with E-state index in [-0.39, 0.29) is 18.8 Å². The number of benzene rings is 16. The minimum atomic E-state index is -0.914. The van der Waals surface area contributed by atoms with Crippen LogP contribution in [-0.4, -0.2) is 13.4 Å². The Hall–Kier alpha value is -13.6. The molecule has 0 fully saturated rings. The Morgan fingerprint density at radius 2 is 0.716 bits per heavy atom. The summed E-state index contributed by atoms with van der Waals surface area (Å²) < 4.78 is 15.7. The minimum Gasteiger partial charge on any atom is -0.458 e. The fourth-order valence-corrected chi connectivity index (χ4v) is 19.0. The lowest BCUT2D eigenvalue weighted by Gasteiger charge is -2.47. The van der Waals surface area contributed by atoms with Crippen LogP contribution in [0.2, 0.25) is 0 Å². The van der Waals surface area contributed by atoms with Gasteiger partial charge in [-0.1, -0.05) is 300 Å². The molecule has 0 amide bonds. The molecule has 512 valence electrons. The van der Waals surface area contributed by atoms with E-state index in [4.69, 9.17) is 9.47 Å². The zero-order chi connectivity index (χ0) is 72.2. The lowest BCUT2D eigenvalue weighted by molar-refractivity contribution is 0.437. The molecule has 16 aromatic rings. The van der Waals surface area contributed by atoms with E-state index < -0.39 is 5.41 Å². The van der Waals surface area contributed by atoms with E-state index >= 15 is 0 Å². The number of fused-ring (bicyclic) bond motifs is 17. The van der Waals surface area contributed by atoms with Gasteiger partial charge in [0.15, 0.2) is 0 Å². The largest absolute Gasteiger partial charge is 0.458 e. The molecule has 5 aliphatic heterocycles. The molecule has 6 nitrogen and oxygen atoms in total. The normalized spacial score (nSPS) is 13.8. The van der Waals surface area contributed by atoms with Crippen molar-refractivity contribution in [1.82, 2.24) is 0 Å². The third-order valence-corrected chi connectivity index (χ3v) is 23.6. The second kappa shape index (κ2) is 24.2. The highest BCUT2D eigenvalue weighted by molar-refractivity contribution is 7.01. The Bertz CT molecular complexity index is 6280. The molecular weight excluding hydrogens is 1320 g/mol. The zero-order valence-corrected chi connectivity index (χ0v) is 60.5. The summed E-state index contributed by atoms with van der Waals surface area (Å²) in [6.45, 7) is 6.57. The highest BCUT2D eigenvalue weighted by Crippen LogP contribution is 2.64. The molecule has 16 aromatic carbocycles. The number of hydrogen-bond donors (Lipinski definition) is 0. The fraction of sp³-hybridized carbons (Fsp3) is 0.0495. The van der Waals surface area contributed by atoms with Crippen molar-refractivity contribution in [2.45, 2.75) is 31.6 Å². The molecule has 6 aliphatic rings. The summed E-state index contributed by atoms with van der Waals surface area (Å²) in [6, 6.07) is 137. The van der Waals surface area contributed by atoms with Crippen LogP contribution in [0.5, 0.6) is 23.0 Å². The molecule has 22 rings (SSSR count). The zero-order valence-electron chi connectivity index (χ0n) is 60.5. The van der Waals surface area contributed by atoms with Gasteiger partial charge in [0.25, 0.3) is 13.4 Å². The number of rotatable bonds is 9. The topological polar surface area (TPSA) is 31.4 Å². The van der Waals surface area contributed by atoms with Crippen LogP contribution in [0.15, 0.2) is 370 Å². The molecule has 0 aromatic heterocycles. The maximum absolute atomic E-state index is 8.24. The van der Waals surface area contributed by atoms with E-state index in [1.54, 1.807) is 0 Å². The van der Waals surface area contributed by atoms with Gasteiger partial charge in [-0.2, -0.15) is 0 Å². The summed E-state index contributed by atoms with van der Waals surface area (Å²) in [4.78, 5) is 10.1. The van der Waals surface area contributed by atoms with Crippen molar-refractivity contribution in [2.75, 3.05) is 19.6 Å².